The van der Waals surface area contributed by atoms with Gasteiger partial charge in [0.05, 0.1) is 5.02 Å². The molecule has 0 spiro atoms. The Labute approximate surface area is 123 Å². The van der Waals surface area contributed by atoms with Crippen LogP contribution in [-0.4, -0.2) is 7.05 Å². The Balaban J connectivity index is 2.29. The normalized spacial score (nSPS) is 12.7. The highest BCUT2D eigenvalue weighted by molar-refractivity contribution is 9.10. The van der Waals surface area contributed by atoms with Gasteiger partial charge in [-0.1, -0.05) is 23.7 Å². The predicted molar refractivity (Wildman–Crippen MR) is 78.9 cm³/mol. The molecule has 0 aliphatic heterocycles. The van der Waals surface area contributed by atoms with Crippen LogP contribution in [0.15, 0.2) is 34.1 Å². The standard InChI is InChI=1S/C13H12BrClFNS/c1-17-11(7-12-9(14)5-6-18-12)8-3-2-4-10(15)13(8)16/h2-6,11,17H,7H2,1H3. The minimum absolute atomic E-state index is 0.0846. The number of thiophene rings is 1. The lowest BCUT2D eigenvalue weighted by Gasteiger charge is -2.17. The number of benzene rings is 1. The number of hydrogen-bond acceptors (Lipinski definition) is 2. The van der Waals surface area contributed by atoms with E-state index in [1.54, 1.807) is 29.5 Å². The third kappa shape index (κ3) is 2.94. The second kappa shape index (κ2) is 6.15. The van der Waals surface area contributed by atoms with E-state index in [1.807, 2.05) is 18.5 Å². The third-order valence-electron chi connectivity index (χ3n) is 2.79. The van der Waals surface area contributed by atoms with Gasteiger partial charge in [-0.25, -0.2) is 4.39 Å². The summed E-state index contributed by atoms with van der Waals surface area (Å²) in [5.41, 5.74) is 0.602. The molecule has 1 aromatic heterocycles. The van der Waals surface area contributed by atoms with E-state index in [2.05, 4.69) is 21.2 Å². The molecule has 0 aliphatic rings. The predicted octanol–water partition coefficient (Wildman–Crippen LogP) is 4.81. The van der Waals surface area contributed by atoms with Gasteiger partial charge in [-0.2, -0.15) is 0 Å². The molecular formula is C13H12BrClFNS. The monoisotopic (exact) mass is 347 g/mol. The van der Waals surface area contributed by atoms with Crippen molar-refractivity contribution in [2.75, 3.05) is 7.05 Å². The zero-order valence-electron chi connectivity index (χ0n) is 9.71. The molecule has 1 heterocycles. The molecule has 0 aliphatic carbocycles. The van der Waals surface area contributed by atoms with Gasteiger partial charge in [0.2, 0.25) is 0 Å². The van der Waals surface area contributed by atoms with Gasteiger partial charge in [0, 0.05) is 27.4 Å². The Morgan fingerprint density at radius 2 is 2.22 bits per heavy atom. The van der Waals surface area contributed by atoms with Gasteiger partial charge >= 0.3 is 0 Å². The van der Waals surface area contributed by atoms with Crippen molar-refractivity contribution in [1.82, 2.24) is 5.32 Å². The summed E-state index contributed by atoms with van der Waals surface area (Å²) in [5.74, 6) is -0.341. The van der Waals surface area contributed by atoms with Crippen LogP contribution in [0.4, 0.5) is 4.39 Å². The Hall–Kier alpha value is -0.420. The minimum Gasteiger partial charge on any atom is -0.313 e. The van der Waals surface area contributed by atoms with Gasteiger partial charge in [0.15, 0.2) is 0 Å². The Kier molecular flexibility index (Phi) is 4.78. The Bertz CT molecular complexity index is 544. The van der Waals surface area contributed by atoms with E-state index in [1.165, 1.54) is 4.88 Å². The summed E-state index contributed by atoms with van der Waals surface area (Å²) in [7, 11) is 1.83. The summed E-state index contributed by atoms with van der Waals surface area (Å²) in [4.78, 5) is 1.19. The smallest absolute Gasteiger partial charge is 0.146 e. The van der Waals surface area contributed by atoms with Crippen LogP contribution in [0.25, 0.3) is 0 Å². The maximum absolute atomic E-state index is 14.0. The molecule has 0 saturated carbocycles. The number of nitrogens with one attached hydrogen (secondary N) is 1. The number of rotatable bonds is 4. The fraction of sp³-hybridized carbons (Fsp3) is 0.231. The van der Waals surface area contributed by atoms with Gasteiger partial charge in [-0.05, 0) is 40.5 Å². The molecule has 18 heavy (non-hydrogen) atoms. The van der Waals surface area contributed by atoms with E-state index in [9.17, 15) is 4.39 Å². The lowest BCUT2D eigenvalue weighted by molar-refractivity contribution is 0.536. The summed E-state index contributed by atoms with van der Waals surface area (Å²) in [5, 5.41) is 5.32. The van der Waals surface area contributed by atoms with Crippen molar-refractivity contribution in [2.45, 2.75) is 12.5 Å². The van der Waals surface area contributed by atoms with Crippen molar-refractivity contribution in [3.8, 4) is 0 Å². The highest BCUT2D eigenvalue weighted by Gasteiger charge is 2.18. The summed E-state index contributed by atoms with van der Waals surface area (Å²) < 4.78 is 15.1. The fourth-order valence-corrected chi connectivity index (χ4v) is 3.56. The molecule has 1 N–H and O–H groups in total. The van der Waals surface area contributed by atoms with Crippen LogP contribution >= 0.6 is 38.9 Å². The molecule has 1 unspecified atom stereocenters. The molecular weight excluding hydrogens is 337 g/mol. The van der Waals surface area contributed by atoms with E-state index < -0.39 is 0 Å². The van der Waals surface area contributed by atoms with Gasteiger partial charge in [0.25, 0.3) is 0 Å². The van der Waals surface area contributed by atoms with Crippen LogP contribution in [0.3, 0.4) is 0 Å². The van der Waals surface area contributed by atoms with E-state index in [0.29, 0.717) is 5.56 Å². The molecule has 0 bridgehead atoms. The first-order valence-corrected chi connectivity index (χ1v) is 7.51. The zero-order valence-corrected chi connectivity index (χ0v) is 12.9. The van der Waals surface area contributed by atoms with Crippen molar-refractivity contribution in [3.63, 3.8) is 0 Å². The first kappa shape index (κ1) is 14.0. The second-order valence-electron chi connectivity index (χ2n) is 3.88. The van der Waals surface area contributed by atoms with Crippen LogP contribution in [0.1, 0.15) is 16.5 Å². The van der Waals surface area contributed by atoms with Crippen molar-refractivity contribution < 1.29 is 4.39 Å². The molecule has 96 valence electrons. The summed E-state index contributed by atoms with van der Waals surface area (Å²) in [6.07, 6.45) is 0.728. The lowest BCUT2D eigenvalue weighted by Crippen LogP contribution is -2.20. The van der Waals surface area contributed by atoms with E-state index in [0.717, 1.165) is 10.9 Å². The Morgan fingerprint density at radius 3 is 2.83 bits per heavy atom. The molecule has 0 amide bonds. The Morgan fingerprint density at radius 1 is 1.44 bits per heavy atom. The highest BCUT2D eigenvalue weighted by atomic mass is 79.9. The van der Waals surface area contributed by atoms with E-state index >= 15 is 0 Å². The summed E-state index contributed by atoms with van der Waals surface area (Å²) in [6, 6.07) is 7.02. The minimum atomic E-state index is -0.341. The zero-order chi connectivity index (χ0) is 13.1. The maximum atomic E-state index is 14.0. The molecule has 0 fully saturated rings. The molecule has 1 nitrogen and oxygen atoms in total. The topological polar surface area (TPSA) is 12.0 Å². The fourth-order valence-electron chi connectivity index (χ4n) is 1.81. The average molecular weight is 349 g/mol. The van der Waals surface area contributed by atoms with Gasteiger partial charge in [-0.3, -0.25) is 0 Å². The molecule has 2 aromatic rings. The maximum Gasteiger partial charge on any atom is 0.146 e. The SMILES string of the molecule is CNC(Cc1sccc1Br)c1cccc(Cl)c1F. The van der Waals surface area contributed by atoms with Crippen LogP contribution in [-0.2, 0) is 6.42 Å². The quantitative estimate of drug-likeness (QED) is 0.836. The number of hydrogen-bond donors (Lipinski definition) is 1. The van der Waals surface area contributed by atoms with Crippen LogP contribution in [0.2, 0.25) is 5.02 Å². The molecule has 2 rings (SSSR count). The van der Waals surface area contributed by atoms with Crippen molar-refractivity contribution in [3.05, 3.63) is 55.4 Å². The van der Waals surface area contributed by atoms with Crippen molar-refractivity contribution in [2.24, 2.45) is 0 Å². The molecule has 1 atom stereocenters. The molecule has 0 radical (unpaired) electrons. The van der Waals surface area contributed by atoms with Crippen molar-refractivity contribution >= 4 is 38.9 Å². The largest absolute Gasteiger partial charge is 0.313 e. The first-order chi connectivity index (χ1) is 8.63. The first-order valence-electron chi connectivity index (χ1n) is 5.46. The van der Waals surface area contributed by atoms with Gasteiger partial charge in [0.1, 0.15) is 5.82 Å². The number of halogens is 3. The second-order valence-corrected chi connectivity index (χ2v) is 6.14. The van der Waals surface area contributed by atoms with Crippen LogP contribution in [0.5, 0.6) is 0 Å². The molecule has 0 saturated heterocycles. The van der Waals surface area contributed by atoms with Crippen LogP contribution in [0, 0.1) is 5.82 Å². The number of likely N-dealkylation sites (N-methyl/N-ethyl adjacent to an activating group) is 1. The molecule has 1 aromatic carbocycles. The third-order valence-corrected chi connectivity index (χ3v) is 5.03. The summed E-state index contributed by atoms with van der Waals surface area (Å²) in [6.45, 7) is 0. The van der Waals surface area contributed by atoms with E-state index in [4.69, 9.17) is 11.6 Å². The highest BCUT2D eigenvalue weighted by Crippen LogP contribution is 2.30. The van der Waals surface area contributed by atoms with Crippen LogP contribution < -0.4 is 5.32 Å². The molecule has 5 heteroatoms. The van der Waals surface area contributed by atoms with E-state index in [-0.39, 0.29) is 16.9 Å². The lowest BCUT2D eigenvalue weighted by atomic mass is 10.0. The van der Waals surface area contributed by atoms with Crippen molar-refractivity contribution in [1.29, 1.82) is 0 Å². The van der Waals surface area contributed by atoms with Gasteiger partial charge < -0.3 is 5.32 Å². The summed E-state index contributed by atoms with van der Waals surface area (Å²) >= 11 is 11.0. The van der Waals surface area contributed by atoms with Gasteiger partial charge in [-0.15, -0.1) is 11.3 Å². The average Bonchev–Trinajstić information content (AvgIpc) is 2.76.